The van der Waals surface area contributed by atoms with Crippen molar-refractivity contribution in [1.29, 1.82) is 0 Å². The maximum absolute atomic E-state index is 5.67. The average molecular weight is 292 g/mol. The highest BCUT2D eigenvalue weighted by molar-refractivity contribution is 9.10. The molecule has 2 rings (SSSR count). The predicted molar refractivity (Wildman–Crippen MR) is 72.2 cm³/mol. The second-order valence-corrected chi connectivity index (χ2v) is 4.91. The molecule has 1 heterocycles. The molecule has 0 radical (unpaired) electrons. The summed E-state index contributed by atoms with van der Waals surface area (Å²) in [6, 6.07) is 10.2. The second-order valence-electron chi connectivity index (χ2n) is 4.10. The quantitative estimate of drug-likeness (QED) is 0.796. The largest absolute Gasteiger partial charge is 0.487 e. The molecule has 0 aliphatic carbocycles. The van der Waals surface area contributed by atoms with Crippen molar-refractivity contribution in [1.82, 2.24) is 4.98 Å². The zero-order valence-electron chi connectivity index (χ0n) is 9.90. The van der Waals surface area contributed by atoms with Crippen LogP contribution >= 0.6 is 15.9 Å². The van der Waals surface area contributed by atoms with Gasteiger partial charge in [-0.25, -0.2) is 4.98 Å². The van der Waals surface area contributed by atoms with Gasteiger partial charge in [-0.05, 0) is 47.5 Å². The van der Waals surface area contributed by atoms with Crippen LogP contribution in [0.4, 0.5) is 0 Å². The first kappa shape index (κ1) is 12.1. The van der Waals surface area contributed by atoms with Crippen LogP contribution in [0.2, 0.25) is 0 Å². The van der Waals surface area contributed by atoms with E-state index in [1.807, 2.05) is 12.1 Å². The zero-order valence-corrected chi connectivity index (χ0v) is 11.5. The Balaban J connectivity index is 2.04. The number of halogens is 1. The molecule has 0 N–H and O–H groups in total. The molecule has 0 aliphatic heterocycles. The van der Waals surface area contributed by atoms with Gasteiger partial charge < -0.3 is 4.74 Å². The Morgan fingerprint density at radius 3 is 2.41 bits per heavy atom. The lowest BCUT2D eigenvalue weighted by molar-refractivity contribution is 0.304. The summed E-state index contributed by atoms with van der Waals surface area (Å²) >= 11 is 3.29. The number of pyridine rings is 1. The fraction of sp³-hybridized carbons (Fsp3) is 0.214. The summed E-state index contributed by atoms with van der Waals surface area (Å²) in [7, 11) is 0. The van der Waals surface area contributed by atoms with Crippen molar-refractivity contribution in [3.05, 3.63) is 57.8 Å². The number of rotatable bonds is 3. The fourth-order valence-corrected chi connectivity index (χ4v) is 2.00. The summed E-state index contributed by atoms with van der Waals surface area (Å²) in [5.74, 6) is 0.785. The van der Waals surface area contributed by atoms with Crippen LogP contribution in [0.15, 0.2) is 41.1 Å². The van der Waals surface area contributed by atoms with Crippen molar-refractivity contribution in [2.75, 3.05) is 0 Å². The highest BCUT2D eigenvalue weighted by atomic mass is 79.9. The van der Waals surface area contributed by atoms with Gasteiger partial charge in [0, 0.05) is 0 Å². The van der Waals surface area contributed by atoms with Crippen molar-refractivity contribution in [2.24, 2.45) is 0 Å². The van der Waals surface area contributed by atoms with Gasteiger partial charge in [-0.1, -0.05) is 29.3 Å². The minimum absolute atomic E-state index is 0.575. The number of ether oxygens (including phenoxy) is 1. The highest BCUT2D eigenvalue weighted by Crippen LogP contribution is 2.15. The van der Waals surface area contributed by atoms with Crippen molar-refractivity contribution >= 4 is 15.9 Å². The molecule has 0 unspecified atom stereocenters. The van der Waals surface area contributed by atoms with Crippen molar-refractivity contribution in [3.63, 3.8) is 0 Å². The van der Waals surface area contributed by atoms with E-state index in [0.29, 0.717) is 6.61 Å². The third kappa shape index (κ3) is 3.56. The van der Waals surface area contributed by atoms with E-state index in [-0.39, 0.29) is 0 Å². The first-order chi connectivity index (χ1) is 8.13. The third-order valence-corrected chi connectivity index (χ3v) is 2.86. The molecule has 1 aromatic heterocycles. The molecule has 0 amide bonds. The van der Waals surface area contributed by atoms with Gasteiger partial charge in [0.05, 0.1) is 6.20 Å². The second kappa shape index (κ2) is 5.32. The topological polar surface area (TPSA) is 22.1 Å². The number of aryl methyl sites for hydroxylation is 2. The van der Waals surface area contributed by atoms with E-state index in [0.717, 1.165) is 10.4 Å². The lowest BCUT2D eigenvalue weighted by atomic mass is 10.1. The molecular formula is C14H14BrNO. The standard InChI is InChI=1S/C14H14BrNO/c1-10-5-11(2)7-12(6-10)9-17-13-3-4-14(15)16-8-13/h3-8H,9H2,1-2H3. The number of hydrogen-bond acceptors (Lipinski definition) is 2. The minimum Gasteiger partial charge on any atom is -0.487 e. The van der Waals surface area contributed by atoms with E-state index in [1.54, 1.807) is 6.20 Å². The number of aromatic nitrogens is 1. The van der Waals surface area contributed by atoms with Gasteiger partial charge >= 0.3 is 0 Å². The molecule has 88 valence electrons. The number of benzene rings is 1. The number of hydrogen-bond donors (Lipinski definition) is 0. The smallest absolute Gasteiger partial charge is 0.138 e. The van der Waals surface area contributed by atoms with E-state index in [4.69, 9.17) is 4.74 Å². The fourth-order valence-electron chi connectivity index (χ4n) is 1.77. The highest BCUT2D eigenvalue weighted by Gasteiger charge is 1.98. The van der Waals surface area contributed by atoms with E-state index in [1.165, 1.54) is 16.7 Å². The Morgan fingerprint density at radius 1 is 1.12 bits per heavy atom. The molecule has 0 bridgehead atoms. The molecule has 17 heavy (non-hydrogen) atoms. The lowest BCUT2D eigenvalue weighted by Gasteiger charge is -2.07. The predicted octanol–water partition coefficient (Wildman–Crippen LogP) is 4.04. The Hall–Kier alpha value is -1.35. The van der Waals surface area contributed by atoms with Crippen LogP contribution in [0, 0.1) is 13.8 Å². The third-order valence-electron chi connectivity index (χ3n) is 2.39. The van der Waals surface area contributed by atoms with Gasteiger partial charge in [-0.2, -0.15) is 0 Å². The zero-order chi connectivity index (χ0) is 12.3. The summed E-state index contributed by atoms with van der Waals surface area (Å²) < 4.78 is 6.49. The SMILES string of the molecule is Cc1cc(C)cc(COc2ccc(Br)nc2)c1. The maximum Gasteiger partial charge on any atom is 0.138 e. The van der Waals surface area contributed by atoms with Crippen molar-refractivity contribution in [2.45, 2.75) is 20.5 Å². The summed E-state index contributed by atoms with van der Waals surface area (Å²) in [4.78, 5) is 4.12. The number of nitrogens with zero attached hydrogens (tertiary/aromatic N) is 1. The van der Waals surface area contributed by atoms with Gasteiger partial charge in [0.25, 0.3) is 0 Å². The van der Waals surface area contributed by atoms with Gasteiger partial charge in [-0.15, -0.1) is 0 Å². The van der Waals surface area contributed by atoms with Crippen LogP contribution in [0.3, 0.4) is 0 Å². The van der Waals surface area contributed by atoms with E-state index >= 15 is 0 Å². The normalized spacial score (nSPS) is 10.3. The van der Waals surface area contributed by atoms with Crippen LogP contribution < -0.4 is 4.74 Å². The Kier molecular flexibility index (Phi) is 3.79. The Bertz CT molecular complexity index is 488. The van der Waals surface area contributed by atoms with Crippen LogP contribution in [-0.4, -0.2) is 4.98 Å². The van der Waals surface area contributed by atoms with Crippen LogP contribution in [0.1, 0.15) is 16.7 Å². The summed E-state index contributed by atoms with van der Waals surface area (Å²) in [6.07, 6.45) is 1.72. The Labute approximate surface area is 110 Å². The minimum atomic E-state index is 0.575. The molecule has 0 aliphatic rings. The van der Waals surface area contributed by atoms with E-state index < -0.39 is 0 Å². The summed E-state index contributed by atoms with van der Waals surface area (Å²) in [6.45, 7) is 4.77. The van der Waals surface area contributed by atoms with Gasteiger partial charge in [0.15, 0.2) is 0 Å². The molecule has 0 fully saturated rings. The lowest BCUT2D eigenvalue weighted by Crippen LogP contribution is -1.97. The van der Waals surface area contributed by atoms with Gasteiger partial charge in [0.1, 0.15) is 17.0 Å². The molecule has 0 saturated carbocycles. The molecular weight excluding hydrogens is 278 g/mol. The first-order valence-electron chi connectivity index (χ1n) is 5.45. The first-order valence-corrected chi connectivity index (χ1v) is 6.24. The summed E-state index contributed by atoms with van der Waals surface area (Å²) in [5, 5.41) is 0. The van der Waals surface area contributed by atoms with Crippen molar-refractivity contribution in [3.8, 4) is 5.75 Å². The van der Waals surface area contributed by atoms with Gasteiger partial charge in [-0.3, -0.25) is 0 Å². The monoisotopic (exact) mass is 291 g/mol. The van der Waals surface area contributed by atoms with E-state index in [9.17, 15) is 0 Å². The van der Waals surface area contributed by atoms with Crippen LogP contribution in [-0.2, 0) is 6.61 Å². The average Bonchev–Trinajstić information content (AvgIpc) is 2.27. The Morgan fingerprint density at radius 2 is 1.82 bits per heavy atom. The molecule has 2 aromatic rings. The molecule has 0 saturated heterocycles. The van der Waals surface area contributed by atoms with Gasteiger partial charge in [0.2, 0.25) is 0 Å². The van der Waals surface area contributed by atoms with Crippen LogP contribution in [0.5, 0.6) is 5.75 Å². The maximum atomic E-state index is 5.67. The molecule has 0 spiro atoms. The summed E-state index contributed by atoms with van der Waals surface area (Å²) in [5.41, 5.74) is 3.71. The van der Waals surface area contributed by atoms with Crippen molar-refractivity contribution < 1.29 is 4.74 Å². The molecule has 3 heteroatoms. The van der Waals surface area contributed by atoms with E-state index in [2.05, 4.69) is 53.0 Å². The van der Waals surface area contributed by atoms with Crippen LogP contribution in [0.25, 0.3) is 0 Å². The molecule has 1 aromatic carbocycles. The molecule has 0 atom stereocenters. The molecule has 2 nitrogen and oxygen atoms in total.